The number of hydrogen-bond donors (Lipinski definition) is 0. The van der Waals surface area contributed by atoms with Gasteiger partial charge in [-0.1, -0.05) is 6.07 Å². The van der Waals surface area contributed by atoms with Crippen molar-refractivity contribution in [1.29, 1.82) is 0 Å². The Morgan fingerprint density at radius 1 is 1.56 bits per heavy atom. The van der Waals surface area contributed by atoms with Gasteiger partial charge in [-0.3, -0.25) is 9.59 Å². The molecule has 1 fully saturated rings. The van der Waals surface area contributed by atoms with Crippen LogP contribution in [0.1, 0.15) is 35.9 Å². The van der Waals surface area contributed by atoms with Gasteiger partial charge < -0.3 is 4.74 Å². The molecule has 0 aliphatic heterocycles. The van der Waals surface area contributed by atoms with Crippen LogP contribution in [0.15, 0.2) is 18.2 Å². The second-order valence-electron chi connectivity index (χ2n) is 3.87. The largest absolute Gasteiger partial charge is 0.465 e. The predicted molar refractivity (Wildman–Crippen MR) is 57.2 cm³/mol. The van der Waals surface area contributed by atoms with E-state index >= 15 is 0 Å². The lowest BCUT2D eigenvalue weighted by Crippen LogP contribution is -2.24. The lowest BCUT2D eigenvalue weighted by molar-refractivity contribution is -0.146. The van der Waals surface area contributed by atoms with Crippen LogP contribution >= 0.6 is 0 Å². The average molecular weight is 219 g/mol. The predicted octanol–water partition coefficient (Wildman–Crippen LogP) is 1.49. The maximum atomic E-state index is 11.8. The highest BCUT2D eigenvalue weighted by molar-refractivity contribution is 5.86. The summed E-state index contributed by atoms with van der Waals surface area (Å²) in [6.45, 7) is 2.15. The van der Waals surface area contributed by atoms with E-state index in [0.29, 0.717) is 24.3 Å². The molecule has 1 aliphatic rings. The molecule has 1 aromatic heterocycles. The van der Waals surface area contributed by atoms with Crippen LogP contribution in [0.4, 0.5) is 0 Å². The van der Waals surface area contributed by atoms with E-state index in [9.17, 15) is 9.59 Å². The molecule has 0 bridgehead atoms. The number of ether oxygens (including phenoxy) is 1. The Balaban J connectivity index is 2.29. The highest BCUT2D eigenvalue weighted by Gasteiger charge is 2.54. The van der Waals surface area contributed by atoms with Crippen LogP contribution in [0, 0.1) is 0 Å². The van der Waals surface area contributed by atoms with Crippen molar-refractivity contribution >= 4 is 12.3 Å². The Morgan fingerprint density at radius 2 is 2.31 bits per heavy atom. The van der Waals surface area contributed by atoms with Crippen LogP contribution in [-0.4, -0.2) is 23.8 Å². The molecule has 0 aromatic carbocycles. The highest BCUT2D eigenvalue weighted by Crippen LogP contribution is 2.48. The molecule has 0 radical (unpaired) electrons. The molecule has 0 N–H and O–H groups in total. The Bertz CT molecular complexity index is 424. The minimum Gasteiger partial charge on any atom is -0.465 e. The molecule has 4 heteroatoms. The number of aromatic nitrogens is 1. The van der Waals surface area contributed by atoms with Crippen molar-refractivity contribution in [2.75, 3.05) is 6.61 Å². The molecule has 84 valence electrons. The fourth-order valence-electron chi connectivity index (χ4n) is 1.74. The lowest BCUT2D eigenvalue weighted by atomic mass is 10.0. The molecule has 1 saturated carbocycles. The van der Waals surface area contributed by atoms with Crippen molar-refractivity contribution in [3.8, 4) is 0 Å². The highest BCUT2D eigenvalue weighted by atomic mass is 16.5. The Morgan fingerprint density at radius 3 is 2.88 bits per heavy atom. The molecular weight excluding hydrogens is 206 g/mol. The van der Waals surface area contributed by atoms with Gasteiger partial charge in [0, 0.05) is 0 Å². The zero-order valence-corrected chi connectivity index (χ0v) is 9.10. The third-order valence-corrected chi connectivity index (χ3v) is 2.80. The van der Waals surface area contributed by atoms with Gasteiger partial charge in [0.15, 0.2) is 6.29 Å². The number of nitrogens with zero attached hydrogens (tertiary/aromatic N) is 1. The first-order chi connectivity index (χ1) is 7.73. The van der Waals surface area contributed by atoms with Crippen molar-refractivity contribution in [2.45, 2.75) is 25.2 Å². The third-order valence-electron chi connectivity index (χ3n) is 2.80. The summed E-state index contributed by atoms with van der Waals surface area (Å²) in [6.07, 6.45) is 2.19. The number of aldehydes is 1. The summed E-state index contributed by atoms with van der Waals surface area (Å²) in [6, 6.07) is 5.14. The zero-order valence-electron chi connectivity index (χ0n) is 9.10. The molecule has 0 amide bonds. The first-order valence-corrected chi connectivity index (χ1v) is 5.33. The summed E-state index contributed by atoms with van der Waals surface area (Å²) in [5.41, 5.74) is 0.415. The topological polar surface area (TPSA) is 56.3 Å². The fourth-order valence-corrected chi connectivity index (χ4v) is 1.74. The number of esters is 1. The maximum absolute atomic E-state index is 11.8. The minimum absolute atomic E-state index is 0.231. The summed E-state index contributed by atoms with van der Waals surface area (Å²) in [4.78, 5) is 26.6. The van der Waals surface area contributed by atoms with E-state index in [1.165, 1.54) is 0 Å². The lowest BCUT2D eigenvalue weighted by Gasteiger charge is -2.13. The van der Waals surface area contributed by atoms with Crippen LogP contribution in [-0.2, 0) is 14.9 Å². The van der Waals surface area contributed by atoms with Crippen molar-refractivity contribution in [3.63, 3.8) is 0 Å². The van der Waals surface area contributed by atoms with Gasteiger partial charge in [0.25, 0.3) is 0 Å². The number of carbonyl (C=O) groups excluding carboxylic acids is 2. The first kappa shape index (κ1) is 10.8. The van der Waals surface area contributed by atoms with Crippen LogP contribution in [0.3, 0.4) is 0 Å². The summed E-state index contributed by atoms with van der Waals surface area (Å²) in [7, 11) is 0. The third kappa shape index (κ3) is 1.71. The van der Waals surface area contributed by atoms with Crippen LogP contribution in [0.5, 0.6) is 0 Å². The number of pyridine rings is 1. The van der Waals surface area contributed by atoms with Gasteiger partial charge >= 0.3 is 5.97 Å². The van der Waals surface area contributed by atoms with E-state index < -0.39 is 5.41 Å². The Kier molecular flexibility index (Phi) is 2.73. The second-order valence-corrected chi connectivity index (χ2v) is 3.87. The van der Waals surface area contributed by atoms with Crippen LogP contribution < -0.4 is 0 Å². The molecule has 0 atom stereocenters. The van der Waals surface area contributed by atoms with E-state index in [-0.39, 0.29) is 5.97 Å². The van der Waals surface area contributed by atoms with Crippen LogP contribution in [0.25, 0.3) is 0 Å². The van der Waals surface area contributed by atoms with Crippen molar-refractivity contribution in [3.05, 3.63) is 29.6 Å². The van der Waals surface area contributed by atoms with E-state index in [2.05, 4.69) is 4.98 Å². The smallest absolute Gasteiger partial charge is 0.318 e. The average Bonchev–Trinajstić information content (AvgIpc) is 3.11. The standard InChI is InChI=1S/C12H13NO3/c1-2-16-11(15)12(6-7-12)10-5-3-4-9(8-14)13-10/h3-5,8H,2,6-7H2,1H3. The molecular formula is C12H13NO3. The molecule has 1 aliphatic carbocycles. The quantitative estimate of drug-likeness (QED) is 0.568. The fraction of sp³-hybridized carbons (Fsp3) is 0.417. The summed E-state index contributed by atoms with van der Waals surface area (Å²) in [5.74, 6) is -0.231. The van der Waals surface area contributed by atoms with Gasteiger partial charge in [-0.2, -0.15) is 0 Å². The number of hydrogen-bond acceptors (Lipinski definition) is 4. The SMILES string of the molecule is CCOC(=O)C1(c2cccc(C=O)n2)CC1. The van der Waals surface area contributed by atoms with Gasteiger partial charge in [-0.25, -0.2) is 4.98 Å². The van der Waals surface area contributed by atoms with Crippen molar-refractivity contribution in [1.82, 2.24) is 4.98 Å². The Labute approximate surface area is 93.6 Å². The second kappa shape index (κ2) is 4.04. The summed E-state index contributed by atoms with van der Waals surface area (Å²) in [5, 5.41) is 0. The Hall–Kier alpha value is -1.71. The molecule has 16 heavy (non-hydrogen) atoms. The van der Waals surface area contributed by atoms with Gasteiger partial charge in [-0.15, -0.1) is 0 Å². The van der Waals surface area contributed by atoms with Gasteiger partial charge in [0.05, 0.1) is 12.3 Å². The molecule has 4 nitrogen and oxygen atoms in total. The van der Waals surface area contributed by atoms with E-state index in [0.717, 1.165) is 12.8 Å². The van der Waals surface area contributed by atoms with Gasteiger partial charge in [0.2, 0.25) is 0 Å². The normalized spacial score (nSPS) is 16.6. The molecule has 0 saturated heterocycles. The van der Waals surface area contributed by atoms with E-state index in [1.807, 2.05) is 0 Å². The first-order valence-electron chi connectivity index (χ1n) is 5.33. The van der Waals surface area contributed by atoms with Crippen molar-refractivity contribution < 1.29 is 14.3 Å². The maximum Gasteiger partial charge on any atom is 0.318 e. The molecule has 2 rings (SSSR count). The number of rotatable bonds is 4. The zero-order chi connectivity index (χ0) is 11.6. The van der Waals surface area contributed by atoms with Crippen LogP contribution in [0.2, 0.25) is 0 Å². The van der Waals surface area contributed by atoms with E-state index in [1.54, 1.807) is 25.1 Å². The molecule has 1 heterocycles. The molecule has 0 spiro atoms. The number of carbonyl (C=O) groups is 2. The monoisotopic (exact) mass is 219 g/mol. The summed E-state index contributed by atoms with van der Waals surface area (Å²) >= 11 is 0. The van der Waals surface area contributed by atoms with Gasteiger partial charge in [0.1, 0.15) is 11.1 Å². The minimum atomic E-state index is -0.588. The summed E-state index contributed by atoms with van der Waals surface area (Å²) < 4.78 is 5.03. The van der Waals surface area contributed by atoms with E-state index in [4.69, 9.17) is 4.74 Å². The molecule has 1 aromatic rings. The van der Waals surface area contributed by atoms with Gasteiger partial charge in [-0.05, 0) is 31.9 Å². The van der Waals surface area contributed by atoms with Crippen molar-refractivity contribution in [2.24, 2.45) is 0 Å². The molecule has 0 unspecified atom stereocenters.